The minimum absolute atomic E-state index is 0.187. The fourth-order valence-electron chi connectivity index (χ4n) is 3.51. The van der Waals surface area contributed by atoms with Crippen LogP contribution in [-0.4, -0.2) is 38.7 Å². The van der Waals surface area contributed by atoms with Gasteiger partial charge in [0.25, 0.3) is 0 Å². The van der Waals surface area contributed by atoms with Gasteiger partial charge in [-0.3, -0.25) is 4.79 Å². The first-order valence-corrected chi connectivity index (χ1v) is 7.98. The molecule has 0 N–H and O–H groups in total. The van der Waals surface area contributed by atoms with E-state index in [0.717, 1.165) is 56.8 Å². The van der Waals surface area contributed by atoms with Crippen molar-refractivity contribution in [3.63, 3.8) is 0 Å². The van der Waals surface area contributed by atoms with Gasteiger partial charge in [-0.1, -0.05) is 12.2 Å². The molecule has 2 heterocycles. The molecule has 1 fully saturated rings. The molecule has 2 unspecified atom stereocenters. The third-order valence-corrected chi connectivity index (χ3v) is 4.58. The fourth-order valence-corrected chi connectivity index (χ4v) is 3.51. The van der Waals surface area contributed by atoms with Crippen molar-refractivity contribution in [2.75, 3.05) is 13.1 Å². The molecule has 0 spiro atoms. The van der Waals surface area contributed by atoms with Gasteiger partial charge in [-0.15, -0.1) is 0 Å². The molecule has 0 aromatic carbocycles. The van der Waals surface area contributed by atoms with Crippen LogP contribution in [0.4, 0.5) is 0 Å². The van der Waals surface area contributed by atoms with Crippen LogP contribution in [0.15, 0.2) is 12.2 Å². The van der Waals surface area contributed by atoms with E-state index in [-0.39, 0.29) is 12.0 Å². The van der Waals surface area contributed by atoms with E-state index < -0.39 is 0 Å². The lowest BCUT2D eigenvalue weighted by Gasteiger charge is -2.35. The van der Waals surface area contributed by atoms with E-state index in [1.54, 1.807) is 0 Å². The quantitative estimate of drug-likeness (QED) is 0.785. The summed E-state index contributed by atoms with van der Waals surface area (Å²) in [5.41, 5.74) is 0. The van der Waals surface area contributed by atoms with Crippen molar-refractivity contribution in [3.8, 4) is 0 Å². The number of likely N-dealkylation sites (tertiary alicyclic amines) is 1. The molecule has 2 aliphatic rings. The maximum absolute atomic E-state index is 12.7. The van der Waals surface area contributed by atoms with Gasteiger partial charge in [-0.2, -0.15) is 5.10 Å². The minimum Gasteiger partial charge on any atom is -0.340 e. The summed E-state index contributed by atoms with van der Waals surface area (Å²) in [5.74, 6) is 2.28. The predicted octanol–water partition coefficient (Wildman–Crippen LogP) is 2.41. The van der Waals surface area contributed by atoms with E-state index in [0.29, 0.717) is 5.91 Å². The highest BCUT2D eigenvalue weighted by Gasteiger charge is 2.30. The van der Waals surface area contributed by atoms with Crippen molar-refractivity contribution in [2.24, 2.45) is 5.92 Å². The molecule has 1 aromatic heterocycles. The maximum Gasteiger partial charge on any atom is 0.226 e. The lowest BCUT2D eigenvalue weighted by molar-refractivity contribution is -0.137. The van der Waals surface area contributed by atoms with Gasteiger partial charge in [-0.05, 0) is 46.0 Å². The number of nitrogens with zero attached hydrogens (tertiary/aromatic N) is 4. The number of rotatable bonds is 2. The molecule has 2 atom stereocenters. The Labute approximate surface area is 126 Å². The summed E-state index contributed by atoms with van der Waals surface area (Å²) in [6.07, 6.45) is 9.41. The number of hydrogen-bond donors (Lipinski definition) is 0. The molecule has 0 radical (unpaired) electrons. The van der Waals surface area contributed by atoms with Crippen LogP contribution in [0.2, 0.25) is 0 Å². The van der Waals surface area contributed by atoms with Crippen molar-refractivity contribution >= 4 is 5.91 Å². The predicted molar refractivity (Wildman–Crippen MR) is 80.8 cm³/mol. The molecule has 0 saturated carbocycles. The summed E-state index contributed by atoms with van der Waals surface area (Å²) >= 11 is 0. The third-order valence-electron chi connectivity index (χ3n) is 4.58. The monoisotopic (exact) mass is 288 g/mol. The highest BCUT2D eigenvalue weighted by molar-refractivity contribution is 5.79. The van der Waals surface area contributed by atoms with Gasteiger partial charge < -0.3 is 4.90 Å². The van der Waals surface area contributed by atoms with Crippen LogP contribution in [0.5, 0.6) is 0 Å². The molecular formula is C16H24N4O. The molecule has 0 bridgehead atoms. The molecule has 1 aliphatic heterocycles. The zero-order valence-corrected chi connectivity index (χ0v) is 13.0. The van der Waals surface area contributed by atoms with E-state index in [4.69, 9.17) is 0 Å². The Balaban J connectivity index is 1.69. The molecule has 3 rings (SSSR count). The molecule has 5 heteroatoms. The van der Waals surface area contributed by atoms with Gasteiger partial charge in [-0.25, -0.2) is 9.67 Å². The second-order valence-corrected chi connectivity index (χ2v) is 6.21. The molecule has 1 amide bonds. The van der Waals surface area contributed by atoms with E-state index >= 15 is 0 Å². The van der Waals surface area contributed by atoms with Crippen LogP contribution < -0.4 is 0 Å². The first kappa shape index (κ1) is 14.3. The largest absolute Gasteiger partial charge is 0.340 e. The van der Waals surface area contributed by atoms with Gasteiger partial charge >= 0.3 is 0 Å². The van der Waals surface area contributed by atoms with Crippen LogP contribution in [0.25, 0.3) is 0 Å². The molecule has 114 valence electrons. The zero-order valence-electron chi connectivity index (χ0n) is 13.0. The number of carbonyl (C=O) groups excluding carboxylic acids is 1. The Morgan fingerprint density at radius 1 is 1.29 bits per heavy atom. The molecule has 5 nitrogen and oxygen atoms in total. The van der Waals surface area contributed by atoms with Crippen molar-refractivity contribution in [1.29, 1.82) is 0 Å². The Hall–Kier alpha value is -1.65. The van der Waals surface area contributed by atoms with Gasteiger partial charge in [0.1, 0.15) is 11.6 Å². The van der Waals surface area contributed by atoms with Crippen molar-refractivity contribution in [1.82, 2.24) is 19.7 Å². The maximum atomic E-state index is 12.7. The van der Waals surface area contributed by atoms with E-state index in [9.17, 15) is 4.79 Å². The first-order valence-electron chi connectivity index (χ1n) is 7.98. The van der Waals surface area contributed by atoms with Gasteiger partial charge in [0.15, 0.2) is 0 Å². The Morgan fingerprint density at radius 2 is 2.14 bits per heavy atom. The number of carbonyl (C=O) groups is 1. The number of allylic oxidation sites excluding steroid dienone is 2. The number of piperidine rings is 1. The standard InChI is InChI=1S/C16H24N4O/c1-12-17-13(2)20(18-12)15-9-6-10-19(11-15)16(21)14-7-4-3-5-8-14/h3-4,14-15H,5-11H2,1-2H3. The summed E-state index contributed by atoms with van der Waals surface area (Å²) < 4.78 is 2.01. The van der Waals surface area contributed by atoms with Crippen molar-refractivity contribution in [2.45, 2.75) is 52.0 Å². The number of aryl methyl sites for hydroxylation is 2. The number of aromatic nitrogens is 3. The zero-order chi connectivity index (χ0) is 14.8. The average molecular weight is 288 g/mol. The smallest absolute Gasteiger partial charge is 0.226 e. The SMILES string of the molecule is Cc1nc(C)n(C2CCCN(C(=O)C3CC=CCC3)C2)n1. The van der Waals surface area contributed by atoms with E-state index in [1.165, 1.54) is 0 Å². The van der Waals surface area contributed by atoms with Crippen LogP contribution in [0.1, 0.15) is 49.8 Å². The molecule has 1 aliphatic carbocycles. The Kier molecular flexibility index (Phi) is 4.08. The van der Waals surface area contributed by atoms with Gasteiger partial charge in [0, 0.05) is 19.0 Å². The molecule has 21 heavy (non-hydrogen) atoms. The highest BCUT2D eigenvalue weighted by atomic mass is 16.2. The second-order valence-electron chi connectivity index (χ2n) is 6.21. The normalized spacial score (nSPS) is 26.1. The van der Waals surface area contributed by atoms with Crippen LogP contribution in [-0.2, 0) is 4.79 Å². The summed E-state index contributed by atoms with van der Waals surface area (Å²) in [4.78, 5) is 19.1. The summed E-state index contributed by atoms with van der Waals surface area (Å²) in [6, 6.07) is 0.281. The van der Waals surface area contributed by atoms with Crippen LogP contribution in [0, 0.1) is 19.8 Å². The van der Waals surface area contributed by atoms with Crippen LogP contribution in [0.3, 0.4) is 0 Å². The second kappa shape index (κ2) is 6.00. The van der Waals surface area contributed by atoms with E-state index in [1.807, 2.05) is 18.5 Å². The lowest BCUT2D eigenvalue weighted by Crippen LogP contribution is -2.44. The van der Waals surface area contributed by atoms with Crippen molar-refractivity contribution in [3.05, 3.63) is 23.8 Å². The van der Waals surface area contributed by atoms with Gasteiger partial charge in [0.2, 0.25) is 5.91 Å². The Morgan fingerprint density at radius 3 is 2.81 bits per heavy atom. The number of hydrogen-bond acceptors (Lipinski definition) is 3. The summed E-state index contributed by atoms with van der Waals surface area (Å²) in [5, 5.41) is 4.50. The van der Waals surface area contributed by atoms with Crippen LogP contribution >= 0.6 is 0 Å². The third kappa shape index (κ3) is 3.01. The topological polar surface area (TPSA) is 51.0 Å². The summed E-state index contributed by atoms with van der Waals surface area (Å²) in [7, 11) is 0. The van der Waals surface area contributed by atoms with Gasteiger partial charge in [0.05, 0.1) is 6.04 Å². The molecule has 1 aromatic rings. The fraction of sp³-hybridized carbons (Fsp3) is 0.688. The lowest BCUT2D eigenvalue weighted by atomic mass is 9.92. The average Bonchev–Trinajstić information content (AvgIpc) is 2.86. The Bertz CT molecular complexity index is 548. The first-order chi connectivity index (χ1) is 10.1. The van der Waals surface area contributed by atoms with Crippen molar-refractivity contribution < 1.29 is 4.79 Å². The molecule has 1 saturated heterocycles. The highest BCUT2D eigenvalue weighted by Crippen LogP contribution is 2.26. The molecular weight excluding hydrogens is 264 g/mol. The number of amides is 1. The van der Waals surface area contributed by atoms with E-state index in [2.05, 4.69) is 27.1 Å². The minimum atomic E-state index is 0.187. The summed E-state index contributed by atoms with van der Waals surface area (Å²) in [6.45, 7) is 5.58.